The smallest absolute Gasteiger partial charge is 0.325 e. The molecular formula is C29H39N3O7. The molecule has 2 aromatic rings. The Morgan fingerprint density at radius 1 is 1.13 bits per heavy atom. The van der Waals surface area contributed by atoms with Gasteiger partial charge in [-0.1, -0.05) is 36.4 Å². The number of aliphatic hydroxyl groups excluding tert-OH is 1. The molecule has 3 N–H and O–H groups in total. The third-order valence-corrected chi connectivity index (χ3v) is 7.03. The number of likely N-dealkylation sites (tertiary alicyclic amines) is 1. The summed E-state index contributed by atoms with van der Waals surface area (Å²) < 4.78 is 23.2. The Bertz CT molecular complexity index is 1080. The summed E-state index contributed by atoms with van der Waals surface area (Å²) in [5.74, 6) is -0.500. The molecule has 4 atom stereocenters. The van der Waals surface area contributed by atoms with Crippen LogP contribution in [0.25, 0.3) is 0 Å². The van der Waals surface area contributed by atoms with E-state index in [1.54, 1.807) is 20.1 Å². The van der Waals surface area contributed by atoms with Gasteiger partial charge < -0.3 is 34.7 Å². The molecule has 2 saturated heterocycles. The lowest BCUT2D eigenvalue weighted by Crippen LogP contribution is -2.42. The fourth-order valence-electron chi connectivity index (χ4n) is 5.11. The summed E-state index contributed by atoms with van der Waals surface area (Å²) in [6, 6.07) is 15.0. The molecule has 39 heavy (non-hydrogen) atoms. The van der Waals surface area contributed by atoms with Gasteiger partial charge in [0.1, 0.15) is 6.54 Å². The number of esters is 1. The molecule has 0 saturated carbocycles. The minimum absolute atomic E-state index is 0.0107. The Morgan fingerprint density at radius 2 is 1.95 bits per heavy atom. The van der Waals surface area contributed by atoms with Crippen molar-refractivity contribution >= 4 is 17.7 Å². The van der Waals surface area contributed by atoms with Gasteiger partial charge in [0.05, 0.1) is 32.0 Å². The van der Waals surface area contributed by atoms with Gasteiger partial charge in [-0.2, -0.15) is 0 Å². The lowest BCUT2D eigenvalue weighted by Gasteiger charge is -2.39. The molecule has 2 fully saturated rings. The van der Waals surface area contributed by atoms with Crippen LogP contribution in [0.3, 0.4) is 0 Å². The number of ether oxygens (including phenoxy) is 4. The number of nitrogens with one attached hydrogen (secondary N) is 2. The molecule has 2 aromatic carbocycles. The number of anilines is 1. The van der Waals surface area contributed by atoms with Crippen molar-refractivity contribution < 1.29 is 33.6 Å². The zero-order valence-electron chi connectivity index (χ0n) is 22.6. The first-order valence-electron chi connectivity index (χ1n) is 13.5. The van der Waals surface area contributed by atoms with Gasteiger partial charge in [0.2, 0.25) is 0 Å². The van der Waals surface area contributed by atoms with Gasteiger partial charge in [-0.25, -0.2) is 4.79 Å². The van der Waals surface area contributed by atoms with Crippen molar-refractivity contribution in [3.8, 4) is 0 Å². The number of benzene rings is 2. The third-order valence-electron chi connectivity index (χ3n) is 7.03. The second kappa shape index (κ2) is 14.4. The Hall–Kier alpha value is -3.02. The summed E-state index contributed by atoms with van der Waals surface area (Å²) >= 11 is 0. The van der Waals surface area contributed by atoms with Gasteiger partial charge in [-0.05, 0) is 49.6 Å². The van der Waals surface area contributed by atoms with E-state index in [-0.39, 0.29) is 32.0 Å². The summed E-state index contributed by atoms with van der Waals surface area (Å²) in [7, 11) is 1.74. The van der Waals surface area contributed by atoms with E-state index < -0.39 is 18.3 Å². The van der Waals surface area contributed by atoms with Crippen LogP contribution in [-0.2, 0) is 30.3 Å². The van der Waals surface area contributed by atoms with E-state index in [1.807, 2.05) is 42.5 Å². The second-order valence-electron chi connectivity index (χ2n) is 9.83. The molecule has 0 aliphatic carbocycles. The second-order valence-corrected chi connectivity index (χ2v) is 9.83. The summed E-state index contributed by atoms with van der Waals surface area (Å²) in [4.78, 5) is 26.3. The number of amides is 2. The van der Waals surface area contributed by atoms with Crippen LogP contribution in [0.4, 0.5) is 10.5 Å². The minimum Gasteiger partial charge on any atom is -0.465 e. The lowest BCUT2D eigenvalue weighted by molar-refractivity contribution is -0.253. The van der Waals surface area contributed by atoms with Crippen LogP contribution in [0.1, 0.15) is 55.3 Å². The topological polar surface area (TPSA) is 119 Å². The van der Waals surface area contributed by atoms with Crippen molar-refractivity contribution in [1.82, 2.24) is 10.2 Å². The molecule has 0 aromatic heterocycles. The molecule has 2 aliphatic rings. The van der Waals surface area contributed by atoms with E-state index in [9.17, 15) is 14.7 Å². The average Bonchev–Trinajstić information content (AvgIpc) is 3.38. The SMILES string of the molecule is CCOC(=O)CNC(=O)Nc1cccc(C2OC(CN3CCCC3COC)CC(c3ccc(CO)cc3)O2)c1. The highest BCUT2D eigenvalue weighted by atomic mass is 16.7. The largest absolute Gasteiger partial charge is 0.465 e. The first-order valence-corrected chi connectivity index (χ1v) is 13.5. The van der Waals surface area contributed by atoms with Crippen molar-refractivity contribution in [3.05, 3.63) is 65.2 Å². The van der Waals surface area contributed by atoms with Crippen LogP contribution in [0.15, 0.2) is 48.5 Å². The van der Waals surface area contributed by atoms with Crippen molar-refractivity contribution in [3.63, 3.8) is 0 Å². The number of aliphatic hydroxyl groups is 1. The zero-order chi connectivity index (χ0) is 27.6. The van der Waals surface area contributed by atoms with Crippen LogP contribution in [-0.4, -0.2) is 74.1 Å². The average molecular weight is 542 g/mol. The normalized spacial score (nSPS) is 23.4. The van der Waals surface area contributed by atoms with Crippen molar-refractivity contribution in [2.45, 2.75) is 57.3 Å². The number of methoxy groups -OCH3 is 1. The third kappa shape index (κ3) is 8.23. The van der Waals surface area contributed by atoms with Gasteiger partial charge in [0.25, 0.3) is 0 Å². The molecule has 0 radical (unpaired) electrons. The molecule has 2 heterocycles. The number of rotatable bonds is 11. The monoisotopic (exact) mass is 541 g/mol. The van der Waals surface area contributed by atoms with E-state index >= 15 is 0 Å². The maximum absolute atomic E-state index is 12.3. The highest BCUT2D eigenvalue weighted by Crippen LogP contribution is 2.39. The molecule has 2 amide bonds. The number of nitrogens with zero attached hydrogens (tertiary/aromatic N) is 1. The predicted octanol–water partition coefficient (Wildman–Crippen LogP) is 3.52. The van der Waals surface area contributed by atoms with Crippen LogP contribution >= 0.6 is 0 Å². The van der Waals surface area contributed by atoms with E-state index in [2.05, 4.69) is 15.5 Å². The van der Waals surface area contributed by atoms with E-state index in [0.29, 0.717) is 24.8 Å². The van der Waals surface area contributed by atoms with Gasteiger partial charge in [0, 0.05) is 37.4 Å². The summed E-state index contributed by atoms with van der Waals surface area (Å²) in [5, 5.41) is 14.7. The Balaban J connectivity index is 1.48. The van der Waals surface area contributed by atoms with E-state index in [4.69, 9.17) is 18.9 Å². The fraction of sp³-hybridized carbons (Fsp3) is 0.517. The quantitative estimate of drug-likeness (QED) is 0.370. The van der Waals surface area contributed by atoms with Gasteiger partial charge >= 0.3 is 12.0 Å². The number of carbonyl (C=O) groups is 2. The number of hydrogen-bond acceptors (Lipinski definition) is 8. The fourth-order valence-corrected chi connectivity index (χ4v) is 5.11. The van der Waals surface area contributed by atoms with Crippen molar-refractivity contribution in [2.24, 2.45) is 0 Å². The molecule has 10 heteroatoms. The lowest BCUT2D eigenvalue weighted by atomic mass is 9.99. The number of carbonyl (C=O) groups excluding carboxylic acids is 2. The first-order chi connectivity index (χ1) is 19.0. The van der Waals surface area contributed by atoms with Gasteiger partial charge in [-0.15, -0.1) is 0 Å². The number of urea groups is 1. The maximum atomic E-state index is 12.3. The van der Waals surface area contributed by atoms with E-state index in [1.165, 1.54) is 0 Å². The molecule has 0 bridgehead atoms. The maximum Gasteiger partial charge on any atom is 0.325 e. The zero-order valence-corrected chi connectivity index (χ0v) is 22.6. The van der Waals surface area contributed by atoms with Crippen LogP contribution < -0.4 is 10.6 Å². The summed E-state index contributed by atoms with van der Waals surface area (Å²) in [6.07, 6.45) is 2.03. The Morgan fingerprint density at radius 3 is 2.69 bits per heavy atom. The molecular weight excluding hydrogens is 502 g/mol. The van der Waals surface area contributed by atoms with E-state index in [0.717, 1.165) is 42.6 Å². The molecule has 4 rings (SSSR count). The van der Waals surface area contributed by atoms with Gasteiger partial charge in [-0.3, -0.25) is 9.69 Å². The summed E-state index contributed by atoms with van der Waals surface area (Å²) in [5.41, 5.74) is 3.19. The number of hydrogen-bond donors (Lipinski definition) is 3. The van der Waals surface area contributed by atoms with Crippen LogP contribution in [0.2, 0.25) is 0 Å². The highest BCUT2D eigenvalue weighted by molar-refractivity contribution is 5.91. The van der Waals surface area contributed by atoms with Crippen LogP contribution in [0, 0.1) is 0 Å². The van der Waals surface area contributed by atoms with Crippen molar-refractivity contribution in [2.75, 3.05) is 45.3 Å². The first kappa shape index (κ1) is 29.0. The summed E-state index contributed by atoms with van der Waals surface area (Å²) in [6.45, 7) is 4.22. The van der Waals surface area contributed by atoms with Gasteiger partial charge in [0.15, 0.2) is 6.29 Å². The predicted molar refractivity (Wildman–Crippen MR) is 145 cm³/mol. The Labute approximate surface area is 229 Å². The molecule has 212 valence electrons. The molecule has 0 spiro atoms. The van der Waals surface area contributed by atoms with Crippen LogP contribution in [0.5, 0.6) is 0 Å². The Kier molecular flexibility index (Phi) is 10.7. The van der Waals surface area contributed by atoms with Crippen molar-refractivity contribution in [1.29, 1.82) is 0 Å². The minimum atomic E-state index is -0.640. The molecule has 10 nitrogen and oxygen atoms in total. The standard InChI is InChI=1S/C29H39N3O7/c1-3-37-27(34)16-30-29(35)31-23-7-4-6-22(14-23)28-38-25(17-32-13-5-8-24(32)19-36-2)15-26(39-28)21-11-9-20(18-33)10-12-21/h4,6-7,9-12,14,24-26,28,33H,3,5,8,13,15-19H2,1-2H3,(H2,30,31,35). The molecule has 2 aliphatic heterocycles. The molecule has 4 unspecified atom stereocenters. The highest BCUT2D eigenvalue weighted by Gasteiger charge is 2.35.